The van der Waals surface area contributed by atoms with E-state index in [-0.39, 0.29) is 41.7 Å². The van der Waals surface area contributed by atoms with Gasteiger partial charge in [0.15, 0.2) is 0 Å². The van der Waals surface area contributed by atoms with Crippen molar-refractivity contribution in [3.8, 4) is 5.75 Å². The average molecular weight is 658 g/mol. The van der Waals surface area contributed by atoms with Gasteiger partial charge in [0.05, 0.1) is 0 Å². The fraction of sp³-hybridized carbons (Fsp3) is 0.472. The lowest BCUT2D eigenvalue weighted by Gasteiger charge is -2.36. The van der Waals surface area contributed by atoms with Gasteiger partial charge in [-0.3, -0.25) is 28.8 Å². The van der Waals surface area contributed by atoms with Crippen LogP contribution in [0.5, 0.6) is 5.75 Å². The average Bonchev–Trinajstić information content (AvgIpc) is 3.53. The zero-order valence-electron chi connectivity index (χ0n) is 27.9. The lowest BCUT2D eigenvalue weighted by molar-refractivity contribution is -0.138. The fourth-order valence-electron chi connectivity index (χ4n) is 6.61. The van der Waals surface area contributed by atoms with Crippen molar-refractivity contribution < 1.29 is 24.3 Å². The Morgan fingerprint density at radius 2 is 1.65 bits per heavy atom. The number of phenols is 1. The SMILES string of the molecule is CCC(=O)N[C@H](Cc1ccc(NC(=O)[C@@H](NC(=O)c2ccnn2C)C2CCCCC2)cc1)C(=O)N1CCN(Cc2cccc(O)c2)CC1. The zero-order valence-corrected chi connectivity index (χ0v) is 27.9. The van der Waals surface area contributed by atoms with Gasteiger partial charge >= 0.3 is 0 Å². The maximum Gasteiger partial charge on any atom is 0.270 e. The molecule has 48 heavy (non-hydrogen) atoms. The summed E-state index contributed by atoms with van der Waals surface area (Å²) in [6.45, 7) is 4.91. The molecule has 1 aromatic heterocycles. The number of nitrogens with zero attached hydrogens (tertiary/aromatic N) is 4. The molecule has 2 atom stereocenters. The topological polar surface area (TPSA) is 149 Å². The summed E-state index contributed by atoms with van der Waals surface area (Å²) >= 11 is 0. The quantitative estimate of drug-likeness (QED) is 0.234. The number of hydrogen-bond acceptors (Lipinski definition) is 7. The Morgan fingerprint density at radius 1 is 0.917 bits per heavy atom. The monoisotopic (exact) mass is 657 g/mol. The molecule has 5 rings (SSSR count). The Labute approximate surface area is 281 Å². The second-order valence-corrected chi connectivity index (χ2v) is 12.8. The van der Waals surface area contributed by atoms with Gasteiger partial charge in [-0.25, -0.2) is 0 Å². The Kier molecular flexibility index (Phi) is 11.8. The summed E-state index contributed by atoms with van der Waals surface area (Å²) in [5.41, 5.74) is 2.84. The second kappa shape index (κ2) is 16.4. The lowest BCUT2D eigenvalue weighted by Crippen LogP contribution is -2.55. The summed E-state index contributed by atoms with van der Waals surface area (Å²) < 4.78 is 1.49. The molecule has 4 amide bonds. The number of aromatic hydroxyl groups is 1. The van der Waals surface area contributed by atoms with Crippen molar-refractivity contribution in [2.24, 2.45) is 13.0 Å². The van der Waals surface area contributed by atoms with Crippen LogP contribution in [0.25, 0.3) is 0 Å². The van der Waals surface area contributed by atoms with E-state index in [1.165, 1.54) is 4.68 Å². The molecule has 4 N–H and O–H groups in total. The van der Waals surface area contributed by atoms with Gasteiger partial charge in [-0.05, 0) is 60.2 Å². The van der Waals surface area contributed by atoms with Crippen LogP contribution >= 0.6 is 0 Å². The number of aryl methyl sites for hydroxylation is 1. The molecular formula is C36H47N7O5. The van der Waals surface area contributed by atoms with Crippen molar-refractivity contribution in [2.45, 2.75) is 70.5 Å². The Morgan fingerprint density at radius 3 is 2.29 bits per heavy atom. The Balaban J connectivity index is 1.20. The van der Waals surface area contributed by atoms with Crippen LogP contribution in [0, 0.1) is 5.92 Å². The van der Waals surface area contributed by atoms with Gasteiger partial charge in [0.25, 0.3) is 5.91 Å². The smallest absolute Gasteiger partial charge is 0.270 e. The predicted octanol–water partition coefficient (Wildman–Crippen LogP) is 3.22. The minimum Gasteiger partial charge on any atom is -0.508 e. The largest absolute Gasteiger partial charge is 0.508 e. The van der Waals surface area contributed by atoms with Crippen LogP contribution in [0.2, 0.25) is 0 Å². The summed E-state index contributed by atoms with van der Waals surface area (Å²) in [5, 5.41) is 22.7. The number of hydrogen-bond donors (Lipinski definition) is 4. The van der Waals surface area contributed by atoms with Crippen molar-refractivity contribution >= 4 is 29.3 Å². The molecule has 0 radical (unpaired) electrons. The minimum atomic E-state index is -0.714. The van der Waals surface area contributed by atoms with Crippen LogP contribution in [0.1, 0.15) is 67.1 Å². The van der Waals surface area contributed by atoms with Crippen LogP contribution in [0.4, 0.5) is 5.69 Å². The van der Waals surface area contributed by atoms with Crippen molar-refractivity contribution in [1.82, 2.24) is 30.2 Å². The molecule has 3 aromatic rings. The van der Waals surface area contributed by atoms with E-state index in [9.17, 15) is 24.3 Å². The summed E-state index contributed by atoms with van der Waals surface area (Å²) in [4.78, 5) is 56.7. The Bertz CT molecular complexity index is 1560. The normalized spacial score (nSPS) is 16.9. The van der Waals surface area contributed by atoms with Crippen LogP contribution < -0.4 is 16.0 Å². The highest BCUT2D eigenvalue weighted by molar-refractivity contribution is 6.00. The standard InChI is InChI=1S/C36H47N7O5/c1-3-32(45)39-30(36(48)43-20-18-42(19-21-43)24-26-8-7-11-29(44)22-26)23-25-12-14-28(15-13-25)38-35(47)33(27-9-5-4-6-10-27)40-34(46)31-16-17-37-41(31)2/h7-8,11-17,22,27,30,33,44H,3-6,9-10,18-21,23-24H2,1-2H3,(H,38,47)(H,39,45)(H,40,46)/t30-,33+/m1/s1. The highest BCUT2D eigenvalue weighted by Gasteiger charge is 2.32. The van der Waals surface area contributed by atoms with Crippen LogP contribution in [-0.4, -0.2) is 86.6 Å². The van der Waals surface area contributed by atoms with Gasteiger partial charge in [0.1, 0.15) is 23.5 Å². The number of carbonyl (C=O) groups excluding carboxylic acids is 4. The third-order valence-corrected chi connectivity index (χ3v) is 9.36. The molecule has 2 aromatic carbocycles. The lowest BCUT2D eigenvalue weighted by atomic mass is 9.83. The number of benzene rings is 2. The van der Waals surface area contributed by atoms with Crippen LogP contribution in [-0.2, 0) is 34.4 Å². The minimum absolute atomic E-state index is 0.0396. The van der Waals surface area contributed by atoms with Crippen molar-refractivity contribution in [2.75, 3.05) is 31.5 Å². The number of phenolic OH excluding ortho intramolecular Hbond substituents is 1. The molecule has 1 aliphatic carbocycles. The van der Waals surface area contributed by atoms with E-state index in [4.69, 9.17) is 0 Å². The van der Waals surface area contributed by atoms with E-state index >= 15 is 0 Å². The third kappa shape index (κ3) is 9.21. The molecular weight excluding hydrogens is 610 g/mol. The number of piperazine rings is 1. The molecule has 2 aliphatic rings. The third-order valence-electron chi connectivity index (χ3n) is 9.36. The summed E-state index contributed by atoms with van der Waals surface area (Å²) in [5.74, 6) is -0.638. The first-order valence-electron chi connectivity index (χ1n) is 17.0. The maximum atomic E-state index is 13.7. The second-order valence-electron chi connectivity index (χ2n) is 12.8. The van der Waals surface area contributed by atoms with Gasteiger partial charge in [0.2, 0.25) is 17.7 Å². The molecule has 1 saturated heterocycles. The molecule has 1 aliphatic heterocycles. The highest BCUT2D eigenvalue weighted by atomic mass is 16.3. The molecule has 0 bridgehead atoms. The molecule has 0 unspecified atom stereocenters. The van der Waals surface area contributed by atoms with Gasteiger partial charge in [-0.2, -0.15) is 5.10 Å². The number of rotatable bonds is 12. The van der Waals surface area contributed by atoms with E-state index in [0.717, 1.165) is 43.2 Å². The number of anilines is 1. The van der Waals surface area contributed by atoms with Gasteiger partial charge in [0, 0.05) is 64.5 Å². The highest BCUT2D eigenvalue weighted by Crippen LogP contribution is 2.28. The molecule has 12 heteroatoms. The van der Waals surface area contributed by atoms with Crippen molar-refractivity contribution in [1.29, 1.82) is 0 Å². The number of carbonyl (C=O) groups is 4. The number of nitrogens with one attached hydrogen (secondary N) is 3. The fourth-order valence-corrected chi connectivity index (χ4v) is 6.61. The van der Waals surface area contributed by atoms with Gasteiger partial charge in [-0.15, -0.1) is 0 Å². The first-order valence-corrected chi connectivity index (χ1v) is 17.0. The van der Waals surface area contributed by atoms with E-state index < -0.39 is 12.1 Å². The molecule has 256 valence electrons. The molecule has 1 saturated carbocycles. The molecule has 12 nitrogen and oxygen atoms in total. The van der Waals surface area contributed by atoms with E-state index in [1.54, 1.807) is 55.4 Å². The summed E-state index contributed by atoms with van der Waals surface area (Å²) in [7, 11) is 1.69. The van der Waals surface area contributed by atoms with E-state index in [1.807, 2.05) is 24.3 Å². The zero-order chi connectivity index (χ0) is 34.0. The maximum absolute atomic E-state index is 13.7. The van der Waals surface area contributed by atoms with Crippen molar-refractivity contribution in [3.63, 3.8) is 0 Å². The molecule has 2 fully saturated rings. The summed E-state index contributed by atoms with van der Waals surface area (Å²) in [6, 6.07) is 14.7. The summed E-state index contributed by atoms with van der Waals surface area (Å²) in [6.07, 6.45) is 7.04. The number of aromatic nitrogens is 2. The van der Waals surface area contributed by atoms with Crippen molar-refractivity contribution in [3.05, 3.63) is 77.6 Å². The molecule has 0 spiro atoms. The van der Waals surface area contributed by atoms with Gasteiger partial charge in [-0.1, -0.05) is 50.5 Å². The van der Waals surface area contributed by atoms with Crippen LogP contribution in [0.3, 0.4) is 0 Å². The molecule has 2 heterocycles. The van der Waals surface area contributed by atoms with E-state index in [0.29, 0.717) is 50.5 Å². The van der Waals surface area contributed by atoms with E-state index in [2.05, 4.69) is 25.9 Å². The Hall–Kier alpha value is -4.71. The van der Waals surface area contributed by atoms with Gasteiger partial charge < -0.3 is 26.0 Å². The predicted molar refractivity (Wildman–Crippen MR) is 182 cm³/mol. The first kappa shape index (κ1) is 34.6. The number of amides is 4. The first-order chi connectivity index (χ1) is 23.2. The van der Waals surface area contributed by atoms with Crippen LogP contribution in [0.15, 0.2) is 60.8 Å².